The zero-order chi connectivity index (χ0) is 15.7. The maximum Gasteiger partial charge on any atom is 0.305 e. The molecule has 22 heavy (non-hydrogen) atoms. The second kappa shape index (κ2) is 5.81. The molecule has 2 aromatic rings. The average molecular weight is 302 g/mol. The van der Waals surface area contributed by atoms with Crippen LogP contribution in [0, 0.1) is 0 Å². The highest BCUT2D eigenvalue weighted by molar-refractivity contribution is 5.96. The van der Waals surface area contributed by atoms with Gasteiger partial charge in [0.15, 0.2) is 0 Å². The summed E-state index contributed by atoms with van der Waals surface area (Å²) < 4.78 is 7.18. The average Bonchev–Trinajstić information content (AvgIpc) is 3.09. The van der Waals surface area contributed by atoms with E-state index in [9.17, 15) is 9.59 Å². The number of aromatic nitrogens is 1. The Morgan fingerprint density at radius 3 is 2.91 bits per heavy atom. The fraction of sp³-hybridized carbons (Fsp3) is 0.375. The Bertz CT molecular complexity index is 676. The molecule has 1 N–H and O–H groups in total. The Kier molecular flexibility index (Phi) is 3.85. The molecule has 1 amide bonds. The van der Waals surface area contributed by atoms with Gasteiger partial charge < -0.3 is 19.1 Å². The van der Waals surface area contributed by atoms with Gasteiger partial charge in [-0.15, -0.1) is 0 Å². The molecule has 6 heteroatoms. The van der Waals surface area contributed by atoms with Gasteiger partial charge in [0.2, 0.25) is 0 Å². The van der Waals surface area contributed by atoms with E-state index in [1.807, 2.05) is 34.9 Å². The molecule has 0 spiro atoms. The monoisotopic (exact) mass is 302 g/mol. The Labute approximate surface area is 127 Å². The summed E-state index contributed by atoms with van der Waals surface area (Å²) in [5.41, 5.74) is 1.50. The SMILES string of the molecule is COC1CC(CC(=O)O)N(C(=O)c2cc3ccccn3c2)C1. The summed E-state index contributed by atoms with van der Waals surface area (Å²) in [6, 6.07) is 7.23. The van der Waals surface area contributed by atoms with Crippen molar-refractivity contribution in [2.24, 2.45) is 0 Å². The van der Waals surface area contributed by atoms with E-state index in [-0.39, 0.29) is 24.5 Å². The van der Waals surface area contributed by atoms with E-state index >= 15 is 0 Å². The number of rotatable bonds is 4. The molecular formula is C16H18N2O4. The molecule has 3 heterocycles. The molecule has 1 fully saturated rings. The van der Waals surface area contributed by atoms with E-state index in [0.717, 1.165) is 5.52 Å². The molecule has 1 saturated heterocycles. The third kappa shape index (κ3) is 2.69. The zero-order valence-corrected chi connectivity index (χ0v) is 12.3. The van der Waals surface area contributed by atoms with Crippen LogP contribution in [0.15, 0.2) is 36.7 Å². The van der Waals surface area contributed by atoms with E-state index in [4.69, 9.17) is 9.84 Å². The van der Waals surface area contributed by atoms with Gasteiger partial charge in [-0.25, -0.2) is 0 Å². The minimum atomic E-state index is -0.901. The van der Waals surface area contributed by atoms with Crippen molar-refractivity contribution in [3.05, 3.63) is 42.2 Å². The van der Waals surface area contributed by atoms with Gasteiger partial charge in [0, 0.05) is 37.6 Å². The summed E-state index contributed by atoms with van der Waals surface area (Å²) in [6.07, 6.45) is 4.05. The Morgan fingerprint density at radius 1 is 1.41 bits per heavy atom. The number of likely N-dealkylation sites (tertiary alicyclic amines) is 1. The first-order chi connectivity index (χ1) is 10.6. The lowest BCUT2D eigenvalue weighted by Gasteiger charge is -2.22. The normalized spacial score (nSPS) is 21.4. The molecule has 3 rings (SSSR count). The number of pyridine rings is 1. The fourth-order valence-electron chi connectivity index (χ4n) is 3.03. The minimum absolute atomic E-state index is 0.0566. The van der Waals surface area contributed by atoms with Crippen molar-refractivity contribution in [2.75, 3.05) is 13.7 Å². The smallest absolute Gasteiger partial charge is 0.305 e. The number of carboxylic acid groups (broad SMARTS) is 1. The van der Waals surface area contributed by atoms with Crippen LogP contribution in [0.3, 0.4) is 0 Å². The van der Waals surface area contributed by atoms with Crippen molar-refractivity contribution >= 4 is 17.4 Å². The highest BCUT2D eigenvalue weighted by Gasteiger charge is 2.37. The predicted molar refractivity (Wildman–Crippen MR) is 79.9 cm³/mol. The number of fused-ring (bicyclic) bond motifs is 1. The molecule has 1 aliphatic rings. The first-order valence-electron chi connectivity index (χ1n) is 7.21. The molecule has 2 aromatic heterocycles. The number of carboxylic acids is 1. The second-order valence-corrected chi connectivity index (χ2v) is 5.56. The lowest BCUT2D eigenvalue weighted by atomic mass is 10.1. The number of ether oxygens (including phenoxy) is 1. The van der Waals surface area contributed by atoms with Gasteiger partial charge in [0.1, 0.15) is 0 Å². The topological polar surface area (TPSA) is 71.2 Å². The van der Waals surface area contributed by atoms with Crippen LogP contribution in [0.1, 0.15) is 23.2 Å². The summed E-state index contributed by atoms with van der Waals surface area (Å²) >= 11 is 0. The Hall–Kier alpha value is -2.34. The number of carbonyl (C=O) groups is 2. The van der Waals surface area contributed by atoms with Crippen LogP contribution in [0.5, 0.6) is 0 Å². The molecule has 0 aliphatic carbocycles. The van der Waals surface area contributed by atoms with Gasteiger partial charge in [0.05, 0.1) is 18.1 Å². The quantitative estimate of drug-likeness (QED) is 0.932. The maximum atomic E-state index is 12.7. The molecule has 2 atom stereocenters. The van der Waals surface area contributed by atoms with E-state index in [2.05, 4.69) is 0 Å². The molecule has 0 aromatic carbocycles. The van der Waals surface area contributed by atoms with Crippen LogP contribution in [-0.4, -0.2) is 52.1 Å². The standard InChI is InChI=1S/C16H18N2O4/c1-22-14-7-13(8-15(19)20)18(10-14)16(21)11-6-12-4-2-3-5-17(12)9-11/h2-6,9,13-14H,7-8,10H2,1H3,(H,19,20). The summed E-state index contributed by atoms with van der Waals surface area (Å²) in [5.74, 6) is -1.05. The van der Waals surface area contributed by atoms with Crippen molar-refractivity contribution in [1.29, 1.82) is 0 Å². The molecule has 0 radical (unpaired) electrons. The summed E-state index contributed by atoms with van der Waals surface area (Å²) in [5, 5.41) is 9.03. The summed E-state index contributed by atoms with van der Waals surface area (Å²) in [4.78, 5) is 25.4. The number of carbonyl (C=O) groups excluding carboxylic acids is 1. The first kappa shape index (κ1) is 14.6. The Balaban J connectivity index is 1.86. The van der Waals surface area contributed by atoms with E-state index < -0.39 is 5.97 Å². The molecule has 116 valence electrons. The highest BCUT2D eigenvalue weighted by Crippen LogP contribution is 2.25. The van der Waals surface area contributed by atoms with Crippen LogP contribution in [-0.2, 0) is 9.53 Å². The van der Waals surface area contributed by atoms with E-state index in [1.165, 1.54) is 0 Å². The van der Waals surface area contributed by atoms with Crippen LogP contribution < -0.4 is 0 Å². The van der Waals surface area contributed by atoms with Gasteiger partial charge >= 0.3 is 5.97 Å². The minimum Gasteiger partial charge on any atom is -0.481 e. The lowest BCUT2D eigenvalue weighted by molar-refractivity contribution is -0.137. The van der Waals surface area contributed by atoms with Gasteiger partial charge in [-0.05, 0) is 24.6 Å². The van der Waals surface area contributed by atoms with Gasteiger partial charge in [0.25, 0.3) is 5.91 Å². The molecule has 2 unspecified atom stereocenters. The van der Waals surface area contributed by atoms with Crippen LogP contribution in [0.2, 0.25) is 0 Å². The third-order valence-corrected chi connectivity index (χ3v) is 4.13. The van der Waals surface area contributed by atoms with Crippen LogP contribution >= 0.6 is 0 Å². The zero-order valence-electron chi connectivity index (χ0n) is 12.3. The predicted octanol–water partition coefficient (Wildman–Crippen LogP) is 1.64. The van der Waals surface area contributed by atoms with Crippen molar-refractivity contribution < 1.29 is 19.4 Å². The number of nitrogens with zero attached hydrogens (tertiary/aromatic N) is 2. The second-order valence-electron chi connectivity index (χ2n) is 5.56. The number of methoxy groups -OCH3 is 1. The van der Waals surface area contributed by atoms with Gasteiger partial charge in [-0.2, -0.15) is 0 Å². The molecule has 0 saturated carbocycles. The lowest BCUT2D eigenvalue weighted by Crippen LogP contribution is -2.37. The molecule has 1 aliphatic heterocycles. The summed E-state index contributed by atoms with van der Waals surface area (Å²) in [6.45, 7) is 0.430. The van der Waals surface area contributed by atoms with Gasteiger partial charge in [-0.1, -0.05) is 6.07 Å². The fourth-order valence-corrected chi connectivity index (χ4v) is 3.03. The van der Waals surface area contributed by atoms with Crippen LogP contribution in [0.25, 0.3) is 5.52 Å². The third-order valence-electron chi connectivity index (χ3n) is 4.13. The number of amides is 1. The summed E-state index contributed by atoms with van der Waals surface area (Å²) in [7, 11) is 1.59. The first-order valence-corrected chi connectivity index (χ1v) is 7.21. The maximum absolute atomic E-state index is 12.7. The van der Waals surface area contributed by atoms with E-state index in [0.29, 0.717) is 18.5 Å². The van der Waals surface area contributed by atoms with Crippen molar-refractivity contribution in [3.63, 3.8) is 0 Å². The largest absolute Gasteiger partial charge is 0.481 e. The van der Waals surface area contributed by atoms with E-state index in [1.54, 1.807) is 18.2 Å². The number of hydrogen-bond donors (Lipinski definition) is 1. The number of aliphatic carboxylic acids is 1. The van der Waals surface area contributed by atoms with Crippen molar-refractivity contribution in [3.8, 4) is 0 Å². The van der Waals surface area contributed by atoms with Crippen molar-refractivity contribution in [2.45, 2.75) is 25.0 Å². The molecular weight excluding hydrogens is 284 g/mol. The molecule has 0 bridgehead atoms. The highest BCUT2D eigenvalue weighted by atomic mass is 16.5. The molecule has 6 nitrogen and oxygen atoms in total. The van der Waals surface area contributed by atoms with Gasteiger partial charge in [-0.3, -0.25) is 9.59 Å². The number of hydrogen-bond acceptors (Lipinski definition) is 3. The Morgan fingerprint density at radius 2 is 2.23 bits per heavy atom. The van der Waals surface area contributed by atoms with Crippen molar-refractivity contribution in [1.82, 2.24) is 9.30 Å². The van der Waals surface area contributed by atoms with Crippen LogP contribution in [0.4, 0.5) is 0 Å².